The molecule has 4 nitrogen and oxygen atoms in total. The van der Waals surface area contributed by atoms with Crippen LogP contribution in [0.1, 0.15) is 0 Å². The average Bonchev–Trinajstić information content (AvgIpc) is 2.23. The molecule has 0 aliphatic rings. The van der Waals surface area contributed by atoms with Crippen LogP contribution in [0.2, 0.25) is 0 Å². The molecule has 1 aromatic carbocycles. The minimum absolute atomic E-state index is 0.910. The number of nitrogens with zero attached hydrogens (tertiary/aromatic N) is 2. The van der Waals surface area contributed by atoms with Crippen LogP contribution in [-0.2, 0) is 0 Å². The quantitative estimate of drug-likeness (QED) is 0.667. The van der Waals surface area contributed by atoms with Gasteiger partial charge in [0, 0.05) is 10.8 Å². The largest absolute Gasteiger partial charge is 0.497 e. The molecule has 0 heterocycles. The highest BCUT2D eigenvalue weighted by Gasteiger charge is 1.80. The number of hydrogen-bond acceptors (Lipinski definition) is 4. The van der Waals surface area contributed by atoms with Crippen molar-refractivity contribution in [1.82, 2.24) is 5.32 Å². The number of methoxy groups -OCH3 is 1. The first-order chi connectivity index (χ1) is 6.35. The molecule has 1 rings (SSSR count). The van der Waals surface area contributed by atoms with Crippen LogP contribution in [0.5, 0.6) is 5.75 Å². The van der Waals surface area contributed by atoms with E-state index in [0.717, 1.165) is 5.75 Å². The maximum atomic E-state index is 6.00. The Morgan fingerprint density at radius 2 is 1.46 bits per heavy atom. The topological polar surface area (TPSA) is 68.8 Å². The van der Waals surface area contributed by atoms with Gasteiger partial charge in [-0.15, -0.1) is 0 Å². The van der Waals surface area contributed by atoms with Gasteiger partial charge in [-0.25, -0.2) is 0 Å². The second-order valence-corrected chi connectivity index (χ2v) is 2.02. The number of nitrogens with one attached hydrogen (secondary N) is 1. The third kappa shape index (κ3) is 10.4. The normalized spacial score (nSPS) is 6.85. The Labute approximate surface area is 79.0 Å². The Morgan fingerprint density at radius 1 is 1.08 bits per heavy atom. The lowest BCUT2D eigenvalue weighted by atomic mass is 10.3. The van der Waals surface area contributed by atoms with Gasteiger partial charge in [0.25, 0.3) is 0 Å². The van der Waals surface area contributed by atoms with Gasteiger partial charge in [0.1, 0.15) is 5.75 Å². The molecule has 13 heavy (non-hydrogen) atoms. The molecule has 0 spiro atoms. The molecule has 0 bridgehead atoms. The molecule has 0 saturated heterocycles. The molecular weight excluding hydrogens is 166 g/mol. The van der Waals surface area contributed by atoms with Crippen molar-refractivity contribution in [3.63, 3.8) is 0 Å². The molecule has 1 N–H and O–H groups in total. The second-order valence-electron chi connectivity index (χ2n) is 2.02. The van der Waals surface area contributed by atoms with Gasteiger partial charge in [0.05, 0.1) is 7.11 Å². The SMILES string of the molecule is CNC.COc1ccccc1.N#N. The lowest BCUT2D eigenvalue weighted by Crippen LogP contribution is -1.89. The average molecular weight is 181 g/mol. The molecule has 0 atom stereocenters. The van der Waals surface area contributed by atoms with Crippen LogP contribution in [0.25, 0.3) is 0 Å². The van der Waals surface area contributed by atoms with Crippen molar-refractivity contribution in [2.24, 2.45) is 0 Å². The molecule has 4 heteroatoms. The summed E-state index contributed by atoms with van der Waals surface area (Å²) in [5.74, 6) is 0.910. The summed E-state index contributed by atoms with van der Waals surface area (Å²) < 4.78 is 4.91. The van der Waals surface area contributed by atoms with Crippen molar-refractivity contribution < 1.29 is 4.74 Å². The van der Waals surface area contributed by atoms with Crippen molar-refractivity contribution in [3.8, 4) is 5.75 Å². The summed E-state index contributed by atoms with van der Waals surface area (Å²) in [6.45, 7) is 0. The van der Waals surface area contributed by atoms with Crippen molar-refractivity contribution in [3.05, 3.63) is 30.3 Å². The smallest absolute Gasteiger partial charge is 0.118 e. The first-order valence-electron chi connectivity index (χ1n) is 3.72. The Hall–Kier alpha value is -1.60. The van der Waals surface area contributed by atoms with Crippen LogP contribution in [0.3, 0.4) is 0 Å². The van der Waals surface area contributed by atoms with Crippen molar-refractivity contribution in [2.75, 3.05) is 21.2 Å². The number of ether oxygens (including phenoxy) is 1. The molecule has 1 aromatic rings. The van der Waals surface area contributed by atoms with E-state index < -0.39 is 0 Å². The zero-order valence-electron chi connectivity index (χ0n) is 8.19. The van der Waals surface area contributed by atoms with Gasteiger partial charge in [-0.2, -0.15) is 0 Å². The maximum Gasteiger partial charge on any atom is 0.118 e. The van der Waals surface area contributed by atoms with Crippen molar-refractivity contribution in [2.45, 2.75) is 0 Å². The molecule has 0 aliphatic carbocycles. The van der Waals surface area contributed by atoms with Gasteiger partial charge in [-0.3, -0.25) is 0 Å². The zero-order valence-corrected chi connectivity index (χ0v) is 8.19. The van der Waals surface area contributed by atoms with Crippen LogP contribution in [0, 0.1) is 10.8 Å². The predicted octanol–water partition coefficient (Wildman–Crippen LogP) is 1.56. The lowest BCUT2D eigenvalue weighted by molar-refractivity contribution is 0.415. The molecule has 0 aromatic heterocycles. The Balaban J connectivity index is 0. The lowest BCUT2D eigenvalue weighted by Gasteiger charge is -1.93. The number of hydrogen-bond donors (Lipinski definition) is 1. The number of para-hydroxylation sites is 1. The van der Waals surface area contributed by atoms with E-state index in [-0.39, 0.29) is 0 Å². The van der Waals surface area contributed by atoms with Gasteiger partial charge >= 0.3 is 0 Å². The number of benzene rings is 1. The van der Waals surface area contributed by atoms with E-state index in [0.29, 0.717) is 0 Å². The Kier molecular flexibility index (Phi) is 14.0. The molecule has 0 fully saturated rings. The summed E-state index contributed by atoms with van der Waals surface area (Å²) in [7, 11) is 5.41. The fourth-order valence-corrected chi connectivity index (χ4v) is 0.557. The van der Waals surface area contributed by atoms with Gasteiger partial charge < -0.3 is 10.1 Å². The highest BCUT2D eigenvalue weighted by Crippen LogP contribution is 2.05. The van der Waals surface area contributed by atoms with Crippen LogP contribution in [0.4, 0.5) is 0 Å². The molecule has 0 saturated carbocycles. The van der Waals surface area contributed by atoms with Crippen LogP contribution >= 0.6 is 0 Å². The summed E-state index contributed by atoms with van der Waals surface area (Å²) in [5, 5.41) is 14.8. The van der Waals surface area contributed by atoms with Gasteiger partial charge in [-0.05, 0) is 26.2 Å². The van der Waals surface area contributed by atoms with Crippen molar-refractivity contribution in [1.29, 1.82) is 10.8 Å². The van der Waals surface area contributed by atoms with E-state index in [1.165, 1.54) is 0 Å². The summed E-state index contributed by atoms with van der Waals surface area (Å²) in [6, 6.07) is 9.68. The van der Waals surface area contributed by atoms with Gasteiger partial charge in [-0.1, -0.05) is 18.2 Å². The van der Waals surface area contributed by atoms with Crippen LogP contribution in [-0.4, -0.2) is 21.2 Å². The Bertz CT molecular complexity index is 199. The summed E-state index contributed by atoms with van der Waals surface area (Å²) in [6.07, 6.45) is 0. The van der Waals surface area contributed by atoms with E-state index in [9.17, 15) is 0 Å². The highest BCUT2D eigenvalue weighted by atomic mass is 16.5. The van der Waals surface area contributed by atoms with Gasteiger partial charge in [0.2, 0.25) is 0 Å². The summed E-state index contributed by atoms with van der Waals surface area (Å²) >= 11 is 0. The third-order valence-corrected chi connectivity index (χ3v) is 0.979. The predicted molar refractivity (Wildman–Crippen MR) is 51.4 cm³/mol. The first-order valence-corrected chi connectivity index (χ1v) is 3.72. The van der Waals surface area contributed by atoms with Gasteiger partial charge in [0.15, 0.2) is 0 Å². The van der Waals surface area contributed by atoms with E-state index in [4.69, 9.17) is 15.5 Å². The molecule has 0 aliphatic heterocycles. The Morgan fingerprint density at radius 3 is 1.69 bits per heavy atom. The van der Waals surface area contributed by atoms with Crippen LogP contribution < -0.4 is 10.1 Å². The minimum atomic E-state index is 0.910. The first kappa shape index (κ1) is 14.0. The maximum absolute atomic E-state index is 6.00. The monoisotopic (exact) mass is 181 g/mol. The van der Waals surface area contributed by atoms with E-state index in [1.807, 2.05) is 44.4 Å². The molecule has 0 amide bonds. The standard InChI is InChI=1S/C7H8O.C2H7N.N2/c1-8-7-5-3-2-4-6-7;1-3-2;1-2/h2-6H,1H3;3H,1-2H3;. The fraction of sp³-hybridized carbons (Fsp3) is 0.333. The van der Waals surface area contributed by atoms with E-state index in [1.54, 1.807) is 7.11 Å². The number of rotatable bonds is 1. The molecule has 72 valence electrons. The fourth-order valence-electron chi connectivity index (χ4n) is 0.557. The second kappa shape index (κ2) is 13.0. The molecule has 0 radical (unpaired) electrons. The zero-order chi connectivity index (χ0) is 10.5. The third-order valence-electron chi connectivity index (χ3n) is 0.979. The van der Waals surface area contributed by atoms with Crippen LogP contribution in [0.15, 0.2) is 30.3 Å². The van der Waals surface area contributed by atoms with Crippen molar-refractivity contribution >= 4 is 0 Å². The van der Waals surface area contributed by atoms with E-state index in [2.05, 4.69) is 5.32 Å². The summed E-state index contributed by atoms with van der Waals surface area (Å²) in [4.78, 5) is 0. The highest BCUT2D eigenvalue weighted by molar-refractivity contribution is 5.20. The van der Waals surface area contributed by atoms with E-state index >= 15 is 0 Å². The molecule has 0 unspecified atom stereocenters. The minimum Gasteiger partial charge on any atom is -0.497 e. The summed E-state index contributed by atoms with van der Waals surface area (Å²) in [5.41, 5.74) is 0. The molecular formula is C9H15N3O.